The van der Waals surface area contributed by atoms with Gasteiger partial charge in [0.1, 0.15) is 0 Å². The first-order valence-electron chi connectivity index (χ1n) is 15.1. The second-order valence-electron chi connectivity index (χ2n) is 12.1. The first-order valence-corrected chi connectivity index (χ1v) is 15.1. The summed E-state index contributed by atoms with van der Waals surface area (Å²) in [4.78, 5) is 14.3. The Labute approximate surface area is 254 Å². The van der Waals surface area contributed by atoms with E-state index in [0.717, 1.165) is 22.6 Å². The molecule has 8 aromatic rings. The Hall–Kier alpha value is -5.67. The Bertz CT molecular complexity index is 2500. The van der Waals surface area contributed by atoms with Crippen molar-refractivity contribution in [2.24, 2.45) is 0 Å². The third kappa shape index (κ3) is 2.93. The van der Waals surface area contributed by atoms with Gasteiger partial charge in [-0.05, 0) is 74.0 Å². The summed E-state index contributed by atoms with van der Waals surface area (Å²) in [6, 6.07) is 44.1. The molecule has 204 valence electrons. The highest BCUT2D eigenvalue weighted by molar-refractivity contribution is 6.22. The fourth-order valence-corrected chi connectivity index (χ4v) is 8.06. The van der Waals surface area contributed by atoms with Crippen LogP contribution in [0.1, 0.15) is 23.6 Å². The van der Waals surface area contributed by atoms with Gasteiger partial charge in [-0.3, -0.25) is 0 Å². The highest BCUT2D eigenvalue weighted by atomic mass is 14.8. The zero-order chi connectivity index (χ0) is 29.0. The monoisotopic (exact) mass is 559 g/mol. The second kappa shape index (κ2) is 8.46. The number of nitrogens with zero attached hydrogens (tertiary/aromatic N) is 3. The first kappa shape index (κ1) is 23.8. The normalized spacial score (nSPS) is 15.9. The predicted octanol–water partition coefficient (Wildman–Crippen LogP) is 9.98. The predicted molar refractivity (Wildman–Crippen MR) is 180 cm³/mol. The Morgan fingerprint density at radius 3 is 2.14 bits per heavy atom. The molecule has 0 amide bonds. The number of aromatic nitrogens is 3. The molecular formula is C41H25N3. The molecule has 6 aromatic carbocycles. The SMILES string of the molecule is CC12c3ccccc3-c3nc4ccc5ccccc5c4c(c31)-c1ccc(-c3ccc(-c4ncccn4)cc3)c3cccc2c13. The van der Waals surface area contributed by atoms with Gasteiger partial charge in [-0.1, -0.05) is 109 Å². The molecule has 0 saturated carbocycles. The quantitative estimate of drug-likeness (QED) is 0.198. The van der Waals surface area contributed by atoms with Gasteiger partial charge < -0.3 is 0 Å². The Kier molecular flexibility index (Phi) is 4.58. The minimum atomic E-state index is -0.320. The zero-order valence-corrected chi connectivity index (χ0v) is 24.0. The van der Waals surface area contributed by atoms with Gasteiger partial charge in [-0.15, -0.1) is 0 Å². The minimum Gasteiger partial charge on any atom is -0.247 e. The summed E-state index contributed by atoms with van der Waals surface area (Å²) in [7, 11) is 0. The summed E-state index contributed by atoms with van der Waals surface area (Å²) in [5.74, 6) is 0.740. The molecule has 10 rings (SSSR count). The first-order chi connectivity index (χ1) is 21.7. The van der Waals surface area contributed by atoms with E-state index in [1.165, 1.54) is 71.4 Å². The van der Waals surface area contributed by atoms with E-state index < -0.39 is 0 Å². The molecule has 2 aliphatic carbocycles. The lowest BCUT2D eigenvalue weighted by Gasteiger charge is -2.36. The van der Waals surface area contributed by atoms with Crippen LogP contribution >= 0.6 is 0 Å². The smallest absolute Gasteiger partial charge is 0.159 e. The Morgan fingerprint density at radius 1 is 0.523 bits per heavy atom. The van der Waals surface area contributed by atoms with Gasteiger partial charge >= 0.3 is 0 Å². The van der Waals surface area contributed by atoms with Crippen LogP contribution in [0.2, 0.25) is 0 Å². The van der Waals surface area contributed by atoms with Crippen molar-refractivity contribution in [3.05, 3.63) is 150 Å². The fraction of sp³-hybridized carbons (Fsp3) is 0.0488. The van der Waals surface area contributed by atoms with Crippen LogP contribution in [0, 0.1) is 0 Å². The van der Waals surface area contributed by atoms with Crippen LogP contribution in [0.5, 0.6) is 0 Å². The van der Waals surface area contributed by atoms with E-state index in [-0.39, 0.29) is 5.41 Å². The number of pyridine rings is 1. The summed E-state index contributed by atoms with van der Waals surface area (Å²) in [6.07, 6.45) is 3.58. The van der Waals surface area contributed by atoms with Crippen molar-refractivity contribution in [2.75, 3.05) is 0 Å². The second-order valence-corrected chi connectivity index (χ2v) is 12.1. The lowest BCUT2D eigenvalue weighted by molar-refractivity contribution is 0.718. The molecule has 0 radical (unpaired) electrons. The van der Waals surface area contributed by atoms with Crippen molar-refractivity contribution in [3.8, 4) is 44.9 Å². The molecule has 2 aliphatic rings. The standard InChI is InChI=1S/C41H25N3/c1-41-32-12-5-4-10-30(32)39-38(41)37(36-28-9-3-2-8-24(28)18-21-34(36)44-39)31-20-19-27(29-11-6-13-33(41)35(29)31)25-14-16-26(17-15-25)40-42-22-7-23-43-40/h2-23H,1H3. The van der Waals surface area contributed by atoms with E-state index >= 15 is 0 Å². The molecule has 0 fully saturated rings. The van der Waals surface area contributed by atoms with Gasteiger partial charge in [0.15, 0.2) is 5.82 Å². The van der Waals surface area contributed by atoms with E-state index in [4.69, 9.17) is 4.98 Å². The fourth-order valence-electron chi connectivity index (χ4n) is 8.06. The molecule has 0 aliphatic heterocycles. The molecule has 1 atom stereocenters. The molecule has 0 N–H and O–H groups in total. The van der Waals surface area contributed by atoms with E-state index in [2.05, 4.69) is 132 Å². The molecule has 44 heavy (non-hydrogen) atoms. The lowest BCUT2D eigenvalue weighted by Crippen LogP contribution is -2.26. The van der Waals surface area contributed by atoms with Crippen LogP contribution in [-0.4, -0.2) is 15.0 Å². The summed E-state index contributed by atoms with van der Waals surface area (Å²) in [5, 5.41) is 6.34. The van der Waals surface area contributed by atoms with Crippen molar-refractivity contribution in [2.45, 2.75) is 12.3 Å². The van der Waals surface area contributed by atoms with E-state index in [1.807, 2.05) is 6.07 Å². The van der Waals surface area contributed by atoms with Crippen molar-refractivity contribution < 1.29 is 0 Å². The maximum atomic E-state index is 5.41. The molecule has 3 heteroatoms. The number of hydrogen-bond donors (Lipinski definition) is 0. The van der Waals surface area contributed by atoms with Crippen molar-refractivity contribution >= 4 is 32.4 Å². The number of rotatable bonds is 2. The maximum Gasteiger partial charge on any atom is 0.159 e. The van der Waals surface area contributed by atoms with Crippen LogP contribution in [0.4, 0.5) is 0 Å². The minimum absolute atomic E-state index is 0.320. The van der Waals surface area contributed by atoms with Gasteiger partial charge in [-0.2, -0.15) is 0 Å². The van der Waals surface area contributed by atoms with E-state index in [9.17, 15) is 0 Å². The molecule has 2 heterocycles. The summed E-state index contributed by atoms with van der Waals surface area (Å²) in [5.41, 5.74) is 13.1. The van der Waals surface area contributed by atoms with E-state index in [0.29, 0.717) is 0 Å². The van der Waals surface area contributed by atoms with Gasteiger partial charge in [0, 0.05) is 39.9 Å². The molecule has 1 unspecified atom stereocenters. The maximum absolute atomic E-state index is 5.41. The van der Waals surface area contributed by atoms with Crippen molar-refractivity contribution in [3.63, 3.8) is 0 Å². The summed E-state index contributed by atoms with van der Waals surface area (Å²) in [6.45, 7) is 2.42. The largest absolute Gasteiger partial charge is 0.247 e. The molecule has 3 nitrogen and oxygen atoms in total. The van der Waals surface area contributed by atoms with Crippen molar-refractivity contribution in [1.82, 2.24) is 15.0 Å². The van der Waals surface area contributed by atoms with Gasteiger partial charge in [0.25, 0.3) is 0 Å². The van der Waals surface area contributed by atoms with E-state index in [1.54, 1.807) is 12.4 Å². The molecule has 0 spiro atoms. The Morgan fingerprint density at radius 2 is 1.25 bits per heavy atom. The summed E-state index contributed by atoms with van der Waals surface area (Å²) >= 11 is 0. The molecule has 0 saturated heterocycles. The Balaban J connectivity index is 1.33. The van der Waals surface area contributed by atoms with Crippen LogP contribution in [0.15, 0.2) is 134 Å². The topological polar surface area (TPSA) is 38.7 Å². The van der Waals surface area contributed by atoms with Gasteiger partial charge in [0.2, 0.25) is 0 Å². The molecular weight excluding hydrogens is 534 g/mol. The van der Waals surface area contributed by atoms with Crippen LogP contribution in [-0.2, 0) is 5.41 Å². The van der Waals surface area contributed by atoms with Crippen molar-refractivity contribution in [1.29, 1.82) is 0 Å². The number of hydrogen-bond acceptors (Lipinski definition) is 3. The van der Waals surface area contributed by atoms with Gasteiger partial charge in [0.05, 0.1) is 11.2 Å². The number of fused-ring (bicyclic) bond motifs is 9. The summed E-state index contributed by atoms with van der Waals surface area (Å²) < 4.78 is 0. The van der Waals surface area contributed by atoms with Crippen LogP contribution in [0.3, 0.4) is 0 Å². The van der Waals surface area contributed by atoms with Crippen LogP contribution < -0.4 is 0 Å². The average Bonchev–Trinajstić information content (AvgIpc) is 3.35. The zero-order valence-electron chi connectivity index (χ0n) is 24.0. The highest BCUT2D eigenvalue weighted by Crippen LogP contribution is 2.61. The average molecular weight is 560 g/mol. The molecule has 2 aromatic heterocycles. The van der Waals surface area contributed by atoms with Gasteiger partial charge in [-0.25, -0.2) is 15.0 Å². The third-order valence-electron chi connectivity index (χ3n) is 9.97. The lowest BCUT2D eigenvalue weighted by atomic mass is 9.65. The molecule has 0 bridgehead atoms. The number of benzene rings is 6. The van der Waals surface area contributed by atoms with Crippen LogP contribution in [0.25, 0.3) is 77.3 Å². The highest BCUT2D eigenvalue weighted by Gasteiger charge is 2.48. The third-order valence-corrected chi connectivity index (χ3v) is 9.97.